The van der Waals surface area contributed by atoms with Crippen molar-refractivity contribution in [3.63, 3.8) is 0 Å². The standard InChI is InChI=1S/C28H24ClN3O5S2/c1-3-14-36-19-11-9-17(10-12-19)23-22(24(33)21-13-8-16(2)37-21)25(34)26(35)32(23)27-30-31-28(39-27)38-15-18-6-4-5-7-20(18)29/h4-13,23,34H,3,14-15H2,1-2H3. The molecule has 8 nitrogen and oxygen atoms in total. The van der Waals surface area contributed by atoms with Gasteiger partial charge in [0.2, 0.25) is 10.9 Å². The zero-order valence-corrected chi connectivity index (χ0v) is 23.5. The molecule has 0 aliphatic carbocycles. The van der Waals surface area contributed by atoms with Gasteiger partial charge in [0.25, 0.3) is 5.91 Å². The Balaban J connectivity index is 1.48. The number of aryl methyl sites for hydroxylation is 1. The average molecular weight is 582 g/mol. The molecule has 2 aromatic carbocycles. The summed E-state index contributed by atoms with van der Waals surface area (Å²) in [6, 6.07) is 16.8. The van der Waals surface area contributed by atoms with Crippen LogP contribution < -0.4 is 9.64 Å². The minimum absolute atomic E-state index is 0.0323. The van der Waals surface area contributed by atoms with Gasteiger partial charge in [-0.3, -0.25) is 14.5 Å². The third kappa shape index (κ3) is 5.59. The van der Waals surface area contributed by atoms with Crippen molar-refractivity contribution in [3.05, 3.63) is 99.7 Å². The van der Waals surface area contributed by atoms with Crippen molar-refractivity contribution >= 4 is 51.5 Å². The van der Waals surface area contributed by atoms with Gasteiger partial charge < -0.3 is 14.3 Å². The van der Waals surface area contributed by atoms with Crippen LogP contribution in [0.3, 0.4) is 0 Å². The van der Waals surface area contributed by atoms with Gasteiger partial charge in [0.15, 0.2) is 15.9 Å². The molecule has 1 aliphatic heterocycles. The van der Waals surface area contributed by atoms with Crippen LogP contribution in [0.4, 0.5) is 5.13 Å². The topological polar surface area (TPSA) is 106 Å². The van der Waals surface area contributed by atoms with E-state index >= 15 is 0 Å². The molecule has 0 radical (unpaired) electrons. The number of aliphatic hydroxyl groups is 1. The molecular formula is C28H24ClN3O5S2. The highest BCUT2D eigenvalue weighted by molar-refractivity contribution is 8.00. The molecule has 3 heterocycles. The number of benzene rings is 2. The molecule has 1 aliphatic rings. The number of carbonyl (C=O) groups excluding carboxylic acids is 2. The van der Waals surface area contributed by atoms with E-state index in [1.807, 2.05) is 31.2 Å². The molecule has 1 amide bonds. The number of aliphatic hydroxyl groups excluding tert-OH is 1. The van der Waals surface area contributed by atoms with Crippen molar-refractivity contribution < 1.29 is 23.8 Å². The molecule has 1 atom stereocenters. The van der Waals surface area contributed by atoms with Crippen LogP contribution in [0.15, 0.2) is 80.8 Å². The molecule has 39 heavy (non-hydrogen) atoms. The molecule has 5 rings (SSSR count). The first-order chi connectivity index (χ1) is 18.9. The van der Waals surface area contributed by atoms with Gasteiger partial charge in [0.05, 0.1) is 18.2 Å². The SMILES string of the molecule is CCCOc1ccc(C2C(C(=O)c3ccc(C)o3)=C(O)C(=O)N2c2nnc(SCc3ccccc3Cl)s2)cc1. The van der Waals surface area contributed by atoms with Gasteiger partial charge in [0, 0.05) is 10.8 Å². The van der Waals surface area contributed by atoms with Crippen LogP contribution in [0.25, 0.3) is 0 Å². The summed E-state index contributed by atoms with van der Waals surface area (Å²) >= 11 is 8.90. The maximum absolute atomic E-state index is 13.5. The highest BCUT2D eigenvalue weighted by atomic mass is 35.5. The molecule has 200 valence electrons. The van der Waals surface area contributed by atoms with Crippen molar-refractivity contribution in [3.8, 4) is 5.75 Å². The van der Waals surface area contributed by atoms with Crippen LogP contribution in [0.1, 0.15) is 46.8 Å². The summed E-state index contributed by atoms with van der Waals surface area (Å²) in [6.45, 7) is 4.29. The first kappa shape index (κ1) is 27.0. The average Bonchev–Trinajstić information content (AvgIpc) is 3.65. The Morgan fingerprint density at radius 2 is 1.92 bits per heavy atom. The smallest absolute Gasteiger partial charge is 0.296 e. The molecule has 4 aromatic rings. The number of thioether (sulfide) groups is 1. The van der Waals surface area contributed by atoms with Gasteiger partial charge >= 0.3 is 0 Å². The normalized spacial score (nSPS) is 15.3. The van der Waals surface area contributed by atoms with Crippen LogP contribution in [-0.2, 0) is 10.5 Å². The van der Waals surface area contributed by atoms with Crippen molar-refractivity contribution in [2.45, 2.75) is 36.4 Å². The van der Waals surface area contributed by atoms with Crippen molar-refractivity contribution in [1.29, 1.82) is 0 Å². The fraction of sp³-hybridized carbons (Fsp3) is 0.214. The lowest BCUT2D eigenvalue weighted by Crippen LogP contribution is -2.31. The Morgan fingerprint density at radius 1 is 1.15 bits per heavy atom. The van der Waals surface area contributed by atoms with Gasteiger partial charge in [-0.25, -0.2) is 0 Å². The Morgan fingerprint density at radius 3 is 2.62 bits per heavy atom. The van der Waals surface area contributed by atoms with Gasteiger partial charge in [-0.15, -0.1) is 10.2 Å². The Labute approximate surface area is 238 Å². The number of ether oxygens (including phenoxy) is 1. The molecule has 0 saturated carbocycles. The second-order valence-electron chi connectivity index (χ2n) is 8.73. The fourth-order valence-corrected chi connectivity index (χ4v) is 6.27. The van der Waals surface area contributed by atoms with Crippen molar-refractivity contribution in [2.24, 2.45) is 0 Å². The second kappa shape index (κ2) is 11.6. The van der Waals surface area contributed by atoms with Crippen molar-refractivity contribution in [2.75, 3.05) is 11.5 Å². The molecule has 0 fully saturated rings. The zero-order chi connectivity index (χ0) is 27.5. The summed E-state index contributed by atoms with van der Waals surface area (Å²) in [7, 11) is 0. The van der Waals surface area contributed by atoms with Crippen LogP contribution in [0.2, 0.25) is 5.02 Å². The minimum Gasteiger partial charge on any atom is -0.503 e. The summed E-state index contributed by atoms with van der Waals surface area (Å²) in [5.74, 6) is -0.167. The number of Topliss-reactive ketones (excluding diaryl/α,β-unsaturated/α-hetero) is 1. The fourth-order valence-electron chi connectivity index (χ4n) is 4.12. The lowest BCUT2D eigenvalue weighted by atomic mass is 9.95. The van der Waals surface area contributed by atoms with Crippen LogP contribution in [-0.4, -0.2) is 33.6 Å². The van der Waals surface area contributed by atoms with E-state index < -0.39 is 23.5 Å². The number of carbonyl (C=O) groups is 2. The number of hydrogen-bond acceptors (Lipinski definition) is 9. The minimum atomic E-state index is -0.940. The van der Waals surface area contributed by atoms with E-state index in [4.69, 9.17) is 20.8 Å². The van der Waals surface area contributed by atoms with E-state index in [0.717, 1.165) is 12.0 Å². The van der Waals surface area contributed by atoms with E-state index in [2.05, 4.69) is 10.2 Å². The Hall–Kier alpha value is -3.60. The van der Waals surface area contributed by atoms with Gasteiger partial charge in [0.1, 0.15) is 11.5 Å². The number of anilines is 1. The van der Waals surface area contributed by atoms with Gasteiger partial charge in [-0.2, -0.15) is 0 Å². The number of hydrogen-bond donors (Lipinski definition) is 1. The number of ketones is 1. The van der Waals surface area contributed by atoms with Crippen LogP contribution >= 0.6 is 34.7 Å². The van der Waals surface area contributed by atoms with Gasteiger partial charge in [-0.05, 0) is 54.8 Å². The third-order valence-corrected chi connectivity index (χ3v) is 8.47. The predicted molar refractivity (Wildman–Crippen MR) is 151 cm³/mol. The summed E-state index contributed by atoms with van der Waals surface area (Å²) in [5, 5.41) is 20.4. The third-order valence-electron chi connectivity index (χ3n) is 6.00. The summed E-state index contributed by atoms with van der Waals surface area (Å²) in [6.07, 6.45) is 0.859. The summed E-state index contributed by atoms with van der Waals surface area (Å²) in [4.78, 5) is 28.2. The first-order valence-corrected chi connectivity index (χ1v) is 14.4. The first-order valence-electron chi connectivity index (χ1n) is 12.2. The number of amides is 1. The number of furan rings is 1. The summed E-state index contributed by atoms with van der Waals surface area (Å²) < 4.78 is 11.8. The second-order valence-corrected chi connectivity index (χ2v) is 11.3. The zero-order valence-electron chi connectivity index (χ0n) is 21.1. The highest BCUT2D eigenvalue weighted by Crippen LogP contribution is 2.44. The molecule has 0 bridgehead atoms. The molecule has 0 saturated heterocycles. The quantitative estimate of drug-likeness (QED) is 0.122. The highest BCUT2D eigenvalue weighted by Gasteiger charge is 2.46. The molecule has 2 aromatic heterocycles. The van der Waals surface area contributed by atoms with Crippen molar-refractivity contribution in [1.82, 2.24) is 10.2 Å². The Bertz CT molecular complexity index is 1550. The summed E-state index contributed by atoms with van der Waals surface area (Å²) in [5.41, 5.74) is 1.46. The maximum atomic E-state index is 13.5. The monoisotopic (exact) mass is 581 g/mol. The predicted octanol–water partition coefficient (Wildman–Crippen LogP) is 6.96. The van der Waals surface area contributed by atoms with Crippen LogP contribution in [0, 0.1) is 6.92 Å². The van der Waals surface area contributed by atoms with E-state index in [1.54, 1.807) is 37.3 Å². The maximum Gasteiger partial charge on any atom is 0.296 e. The number of aromatic nitrogens is 2. The molecule has 1 unspecified atom stereocenters. The number of rotatable bonds is 10. The number of halogens is 1. The van der Waals surface area contributed by atoms with Crippen LogP contribution in [0.5, 0.6) is 5.75 Å². The Kier molecular flexibility index (Phi) is 8.06. The lowest BCUT2D eigenvalue weighted by Gasteiger charge is -2.24. The van der Waals surface area contributed by atoms with E-state index in [-0.39, 0.29) is 16.5 Å². The number of nitrogens with zero attached hydrogens (tertiary/aromatic N) is 3. The van der Waals surface area contributed by atoms with E-state index in [9.17, 15) is 14.7 Å². The molecule has 0 spiro atoms. The lowest BCUT2D eigenvalue weighted by molar-refractivity contribution is -0.117. The van der Waals surface area contributed by atoms with E-state index in [1.165, 1.54) is 34.1 Å². The largest absolute Gasteiger partial charge is 0.503 e. The van der Waals surface area contributed by atoms with Gasteiger partial charge in [-0.1, -0.05) is 72.0 Å². The molecular weight excluding hydrogens is 558 g/mol. The molecule has 1 N–H and O–H groups in total. The van der Waals surface area contributed by atoms with E-state index in [0.29, 0.717) is 38.8 Å². The molecule has 11 heteroatoms.